The van der Waals surface area contributed by atoms with Crippen LogP contribution in [0, 0.1) is 17.8 Å². The van der Waals surface area contributed by atoms with E-state index in [1.807, 2.05) is 6.07 Å². The number of methoxy groups -OCH3 is 1. The first-order valence-corrected chi connectivity index (χ1v) is 7.97. The molecule has 1 unspecified atom stereocenters. The fourth-order valence-electron chi connectivity index (χ4n) is 2.37. The number of rotatable bonds is 7. The smallest absolute Gasteiger partial charge is 0.104 e. The van der Waals surface area contributed by atoms with E-state index < -0.39 is 0 Å². The zero-order chi connectivity index (χ0) is 14.4. The van der Waals surface area contributed by atoms with Gasteiger partial charge in [-0.15, -0.1) is 11.3 Å². The summed E-state index contributed by atoms with van der Waals surface area (Å²) >= 11 is 1.72. The molecule has 4 heteroatoms. The zero-order valence-corrected chi connectivity index (χ0v) is 13.1. The molecule has 0 bridgehead atoms. The van der Waals surface area contributed by atoms with E-state index in [4.69, 9.17) is 9.84 Å². The van der Waals surface area contributed by atoms with Gasteiger partial charge in [-0.05, 0) is 37.8 Å². The molecule has 0 spiro atoms. The number of nitrogens with zero attached hydrogens (tertiary/aromatic N) is 1. The van der Waals surface area contributed by atoms with Crippen molar-refractivity contribution < 1.29 is 9.84 Å². The summed E-state index contributed by atoms with van der Waals surface area (Å²) in [4.78, 5) is 4.87. The van der Waals surface area contributed by atoms with Gasteiger partial charge in [0.05, 0.1) is 11.5 Å². The van der Waals surface area contributed by atoms with Crippen LogP contribution in [0.25, 0.3) is 0 Å². The molecule has 0 amide bonds. The largest absolute Gasteiger partial charge is 0.384 e. The van der Waals surface area contributed by atoms with E-state index in [1.54, 1.807) is 18.4 Å². The van der Waals surface area contributed by atoms with Gasteiger partial charge in [-0.2, -0.15) is 0 Å². The summed E-state index contributed by atoms with van der Waals surface area (Å²) in [5, 5.41) is 8.73. The van der Waals surface area contributed by atoms with Crippen molar-refractivity contribution in [2.24, 2.45) is 5.92 Å². The lowest BCUT2D eigenvalue weighted by atomic mass is 10.2. The van der Waals surface area contributed by atoms with E-state index >= 15 is 0 Å². The van der Waals surface area contributed by atoms with Crippen molar-refractivity contribution in [3.8, 4) is 11.8 Å². The summed E-state index contributed by atoms with van der Waals surface area (Å²) in [7, 11) is 1.76. The first-order valence-electron chi connectivity index (χ1n) is 7.16. The minimum atomic E-state index is -0.0775. The second-order valence-electron chi connectivity index (χ2n) is 5.27. The Labute approximate surface area is 125 Å². The first-order chi connectivity index (χ1) is 9.74. The molecule has 1 atom stereocenters. The molecule has 1 N–H and O–H groups in total. The lowest BCUT2D eigenvalue weighted by Gasteiger charge is -2.28. The predicted molar refractivity (Wildman–Crippen MR) is 82.8 cm³/mol. The van der Waals surface area contributed by atoms with Gasteiger partial charge >= 0.3 is 0 Å². The van der Waals surface area contributed by atoms with Crippen molar-refractivity contribution in [1.29, 1.82) is 0 Å². The van der Waals surface area contributed by atoms with Gasteiger partial charge in [0.1, 0.15) is 6.61 Å². The minimum Gasteiger partial charge on any atom is -0.384 e. The average molecular weight is 293 g/mol. The van der Waals surface area contributed by atoms with Crippen LogP contribution in [0.4, 0.5) is 0 Å². The van der Waals surface area contributed by atoms with E-state index in [1.165, 1.54) is 17.7 Å². The van der Waals surface area contributed by atoms with Crippen LogP contribution in [-0.4, -0.2) is 42.9 Å². The van der Waals surface area contributed by atoms with Gasteiger partial charge in [0.15, 0.2) is 0 Å². The first kappa shape index (κ1) is 15.5. The highest BCUT2D eigenvalue weighted by Crippen LogP contribution is 2.35. The fourth-order valence-corrected chi connectivity index (χ4v) is 3.28. The van der Waals surface area contributed by atoms with Crippen molar-refractivity contribution in [1.82, 2.24) is 4.90 Å². The second kappa shape index (κ2) is 7.80. The van der Waals surface area contributed by atoms with Crippen molar-refractivity contribution in [3.63, 3.8) is 0 Å². The molecule has 3 nitrogen and oxygen atoms in total. The molecule has 1 aliphatic rings. The Balaban J connectivity index is 1.96. The molecule has 0 saturated heterocycles. The van der Waals surface area contributed by atoms with Crippen molar-refractivity contribution in [3.05, 3.63) is 21.9 Å². The van der Waals surface area contributed by atoms with E-state index in [2.05, 4.69) is 29.7 Å². The van der Waals surface area contributed by atoms with Crippen LogP contribution in [0.3, 0.4) is 0 Å². The highest BCUT2D eigenvalue weighted by atomic mass is 32.1. The van der Waals surface area contributed by atoms with Gasteiger partial charge in [0, 0.05) is 31.1 Å². The Morgan fingerprint density at radius 2 is 2.30 bits per heavy atom. The average Bonchev–Trinajstić information content (AvgIpc) is 3.21. The Morgan fingerprint density at radius 1 is 1.50 bits per heavy atom. The van der Waals surface area contributed by atoms with Crippen molar-refractivity contribution in [2.45, 2.75) is 32.4 Å². The monoisotopic (exact) mass is 293 g/mol. The highest BCUT2D eigenvalue weighted by Gasteiger charge is 2.31. The summed E-state index contributed by atoms with van der Waals surface area (Å²) in [6.07, 6.45) is 2.73. The van der Waals surface area contributed by atoms with Gasteiger partial charge in [0.25, 0.3) is 0 Å². The van der Waals surface area contributed by atoms with E-state index in [9.17, 15) is 0 Å². The summed E-state index contributed by atoms with van der Waals surface area (Å²) in [6.45, 7) is 4.97. The number of hydrogen-bond acceptors (Lipinski definition) is 4. The number of aliphatic hydroxyl groups excluding tert-OH is 1. The number of thiophene rings is 1. The van der Waals surface area contributed by atoms with Crippen LogP contribution in [0.5, 0.6) is 0 Å². The normalized spacial score (nSPS) is 16.0. The minimum absolute atomic E-state index is 0.0775. The van der Waals surface area contributed by atoms with Gasteiger partial charge in [-0.1, -0.05) is 11.8 Å². The second-order valence-corrected chi connectivity index (χ2v) is 6.44. The molecule has 0 radical (unpaired) electrons. The molecule has 1 aromatic heterocycles. The molecule has 110 valence electrons. The third-order valence-corrected chi connectivity index (χ3v) is 4.76. The van der Waals surface area contributed by atoms with Crippen LogP contribution in [0.1, 0.15) is 29.5 Å². The standard InChI is InChI=1S/C16H23NO2S/c1-13(14-5-6-14)17(9-11-19-2)12-16-8-7-15(20-16)4-3-10-18/h7-8,13-14,18H,5-6,9-12H2,1-2H3. The molecule has 0 aliphatic heterocycles. The number of ether oxygens (including phenoxy) is 1. The molecule has 20 heavy (non-hydrogen) atoms. The van der Waals surface area contributed by atoms with Gasteiger partial charge in [-0.25, -0.2) is 0 Å². The third-order valence-electron chi connectivity index (χ3n) is 3.77. The maximum Gasteiger partial charge on any atom is 0.104 e. The van der Waals surface area contributed by atoms with Crippen LogP contribution in [0.2, 0.25) is 0 Å². The molecule has 1 fully saturated rings. The van der Waals surface area contributed by atoms with E-state index in [0.29, 0.717) is 6.04 Å². The van der Waals surface area contributed by atoms with Crippen LogP contribution < -0.4 is 0 Å². The maximum atomic E-state index is 8.73. The Bertz CT molecular complexity index is 470. The summed E-state index contributed by atoms with van der Waals surface area (Å²) in [5.74, 6) is 6.53. The molecule has 1 saturated carbocycles. The van der Waals surface area contributed by atoms with Crippen molar-refractivity contribution in [2.75, 3.05) is 26.9 Å². The summed E-state index contributed by atoms with van der Waals surface area (Å²) in [5.41, 5.74) is 0. The molecule has 2 rings (SSSR count). The molecule has 1 heterocycles. The van der Waals surface area contributed by atoms with Gasteiger partial charge in [0.2, 0.25) is 0 Å². The highest BCUT2D eigenvalue weighted by molar-refractivity contribution is 7.12. The van der Waals surface area contributed by atoms with Crippen LogP contribution >= 0.6 is 11.3 Å². The molecular formula is C16H23NO2S. The number of hydrogen-bond donors (Lipinski definition) is 1. The quantitative estimate of drug-likeness (QED) is 0.783. The van der Waals surface area contributed by atoms with Crippen LogP contribution in [-0.2, 0) is 11.3 Å². The summed E-state index contributed by atoms with van der Waals surface area (Å²) in [6, 6.07) is 4.81. The Morgan fingerprint density at radius 3 is 2.95 bits per heavy atom. The van der Waals surface area contributed by atoms with Crippen molar-refractivity contribution >= 4 is 11.3 Å². The van der Waals surface area contributed by atoms with E-state index in [0.717, 1.165) is 30.5 Å². The maximum absolute atomic E-state index is 8.73. The SMILES string of the molecule is COCCN(Cc1ccc(C#CCO)s1)C(C)C1CC1. The molecule has 0 aromatic carbocycles. The Kier molecular flexibility index (Phi) is 6.06. The van der Waals surface area contributed by atoms with Gasteiger partial charge in [-0.3, -0.25) is 4.90 Å². The van der Waals surface area contributed by atoms with Gasteiger partial charge < -0.3 is 9.84 Å². The van der Waals surface area contributed by atoms with Crippen LogP contribution in [0.15, 0.2) is 12.1 Å². The third kappa shape index (κ3) is 4.60. The molecule has 1 aromatic rings. The fraction of sp³-hybridized carbons (Fsp3) is 0.625. The molecular weight excluding hydrogens is 270 g/mol. The lowest BCUT2D eigenvalue weighted by Crippen LogP contribution is -2.36. The molecule has 1 aliphatic carbocycles. The zero-order valence-electron chi connectivity index (χ0n) is 12.3. The summed E-state index contributed by atoms with van der Waals surface area (Å²) < 4.78 is 5.23. The topological polar surface area (TPSA) is 32.7 Å². The van der Waals surface area contributed by atoms with E-state index in [-0.39, 0.29) is 6.61 Å². The predicted octanol–water partition coefficient (Wildman–Crippen LogP) is 2.34. The number of aliphatic hydroxyl groups is 1. The lowest BCUT2D eigenvalue weighted by molar-refractivity contribution is 0.112. The Hall–Kier alpha value is -0.860.